The highest BCUT2D eigenvalue weighted by Gasteiger charge is 2.18. The van der Waals surface area contributed by atoms with E-state index in [1.807, 2.05) is 0 Å². The Balaban J connectivity index is 2.23. The highest BCUT2D eigenvalue weighted by atomic mass is 35.5. The number of hydrogen-bond acceptors (Lipinski definition) is 5. The molecule has 3 aromatic heterocycles. The molecule has 3 heterocycles. The number of hydrogen-bond donors (Lipinski definition) is 0. The van der Waals surface area contributed by atoms with Crippen molar-refractivity contribution in [3.63, 3.8) is 0 Å². The lowest BCUT2D eigenvalue weighted by Gasteiger charge is -2.07. The van der Waals surface area contributed by atoms with Crippen molar-refractivity contribution in [2.24, 2.45) is 0 Å². The van der Waals surface area contributed by atoms with Crippen molar-refractivity contribution >= 4 is 17.2 Å². The van der Waals surface area contributed by atoms with Crippen molar-refractivity contribution in [3.05, 3.63) is 51.3 Å². The quantitative estimate of drug-likeness (QED) is 0.674. The number of fused-ring (bicyclic) bond motifs is 1. The monoisotopic (exact) mass is 343 g/mol. The molecule has 0 bridgehead atoms. The van der Waals surface area contributed by atoms with Gasteiger partial charge in [0.1, 0.15) is 11.6 Å². The number of nitriles is 1. The maximum absolute atomic E-state index is 14.3. The Morgan fingerprint density at radius 3 is 2.96 bits per heavy atom. The highest BCUT2D eigenvalue weighted by molar-refractivity contribution is 6.30. The van der Waals surface area contributed by atoms with Crippen molar-refractivity contribution < 1.29 is 9.13 Å². The average molecular weight is 344 g/mol. The molecule has 0 unspecified atom stereocenters. The molecule has 24 heavy (non-hydrogen) atoms. The van der Waals surface area contributed by atoms with Gasteiger partial charge < -0.3 is 4.74 Å². The van der Waals surface area contributed by atoms with Crippen LogP contribution < -0.4 is 10.4 Å². The molecule has 0 amide bonds. The molecule has 0 atom stereocenters. The maximum atomic E-state index is 14.3. The minimum atomic E-state index is -0.906. The van der Waals surface area contributed by atoms with Crippen LogP contribution >= 0.6 is 11.6 Å². The van der Waals surface area contributed by atoms with E-state index in [9.17, 15) is 9.18 Å². The topological polar surface area (TPSA) is 85.2 Å². The van der Waals surface area contributed by atoms with E-state index in [4.69, 9.17) is 28.0 Å². The molecule has 7 nitrogen and oxygen atoms in total. The van der Waals surface area contributed by atoms with Gasteiger partial charge in [-0.2, -0.15) is 14.9 Å². The van der Waals surface area contributed by atoms with Crippen molar-refractivity contribution in [2.75, 3.05) is 6.61 Å². The largest absolute Gasteiger partial charge is 0.463 e. The van der Waals surface area contributed by atoms with Gasteiger partial charge in [0.25, 0.3) is 0 Å². The van der Waals surface area contributed by atoms with Crippen molar-refractivity contribution in [1.29, 1.82) is 5.26 Å². The van der Waals surface area contributed by atoms with Crippen LogP contribution in [-0.4, -0.2) is 25.8 Å². The Kier molecular flexibility index (Phi) is 3.90. The van der Waals surface area contributed by atoms with Crippen LogP contribution in [0.2, 0.25) is 5.02 Å². The number of rotatable bonds is 3. The SMILES string of the molecule is C#CCOc1nc(-n2nc3ccc(Cl)cn3c2=O)c(F)cc1C#N. The summed E-state index contributed by atoms with van der Waals surface area (Å²) in [5.74, 6) is 0.708. The first-order valence-corrected chi connectivity index (χ1v) is 6.87. The molecule has 0 radical (unpaired) electrons. The van der Waals surface area contributed by atoms with Crippen LogP contribution in [0.1, 0.15) is 5.56 Å². The summed E-state index contributed by atoms with van der Waals surface area (Å²) in [7, 11) is 0. The van der Waals surface area contributed by atoms with Gasteiger partial charge in [0.15, 0.2) is 23.9 Å². The molecule has 0 spiro atoms. The van der Waals surface area contributed by atoms with E-state index in [1.165, 1.54) is 18.3 Å². The molecular formula is C15H7ClFN5O2. The zero-order valence-electron chi connectivity index (χ0n) is 11.9. The van der Waals surface area contributed by atoms with Gasteiger partial charge in [0.05, 0.1) is 5.02 Å². The van der Waals surface area contributed by atoms with E-state index in [0.29, 0.717) is 5.02 Å². The summed E-state index contributed by atoms with van der Waals surface area (Å²) in [6.45, 7) is -0.164. The first-order valence-electron chi connectivity index (χ1n) is 6.49. The van der Waals surface area contributed by atoms with E-state index in [-0.39, 0.29) is 23.7 Å². The summed E-state index contributed by atoms with van der Waals surface area (Å²) in [5, 5.41) is 13.3. The second-order valence-electron chi connectivity index (χ2n) is 4.52. The van der Waals surface area contributed by atoms with Gasteiger partial charge in [0, 0.05) is 12.3 Å². The van der Waals surface area contributed by atoms with Crippen molar-refractivity contribution in [3.8, 4) is 30.1 Å². The van der Waals surface area contributed by atoms with Gasteiger partial charge in [-0.05, 0) is 12.1 Å². The van der Waals surface area contributed by atoms with E-state index >= 15 is 0 Å². The van der Waals surface area contributed by atoms with Gasteiger partial charge in [-0.15, -0.1) is 11.5 Å². The van der Waals surface area contributed by atoms with Gasteiger partial charge in [-0.25, -0.2) is 13.6 Å². The third kappa shape index (κ3) is 2.56. The van der Waals surface area contributed by atoms with Crippen LogP contribution in [0.5, 0.6) is 5.88 Å². The summed E-state index contributed by atoms with van der Waals surface area (Å²) in [6.07, 6.45) is 6.44. The molecule has 0 aliphatic rings. The first kappa shape index (κ1) is 15.5. The van der Waals surface area contributed by atoms with E-state index in [2.05, 4.69) is 16.0 Å². The van der Waals surface area contributed by atoms with Crippen LogP contribution in [0.25, 0.3) is 11.5 Å². The zero-order valence-corrected chi connectivity index (χ0v) is 12.7. The molecule has 3 rings (SSSR count). The van der Waals surface area contributed by atoms with Crippen molar-refractivity contribution in [2.45, 2.75) is 0 Å². The molecule has 118 valence electrons. The molecule has 0 aliphatic carbocycles. The van der Waals surface area contributed by atoms with Crippen LogP contribution in [-0.2, 0) is 0 Å². The summed E-state index contributed by atoms with van der Waals surface area (Å²) >= 11 is 5.84. The van der Waals surface area contributed by atoms with Gasteiger partial charge in [0.2, 0.25) is 5.88 Å². The Morgan fingerprint density at radius 1 is 1.46 bits per heavy atom. The highest BCUT2D eigenvalue weighted by Crippen LogP contribution is 2.20. The van der Waals surface area contributed by atoms with E-state index in [0.717, 1.165) is 15.1 Å². The third-order valence-electron chi connectivity index (χ3n) is 3.02. The fraction of sp³-hybridized carbons (Fsp3) is 0.0667. The van der Waals surface area contributed by atoms with E-state index in [1.54, 1.807) is 6.07 Å². The lowest BCUT2D eigenvalue weighted by molar-refractivity contribution is 0.352. The molecule has 0 saturated carbocycles. The lowest BCUT2D eigenvalue weighted by atomic mass is 10.3. The zero-order chi connectivity index (χ0) is 17.3. The Labute approximate surface area is 139 Å². The second-order valence-corrected chi connectivity index (χ2v) is 4.96. The predicted octanol–water partition coefficient (Wildman–Crippen LogP) is 1.56. The number of aromatic nitrogens is 4. The molecule has 9 heteroatoms. The lowest BCUT2D eigenvalue weighted by Crippen LogP contribution is -2.22. The molecule has 0 aromatic carbocycles. The van der Waals surface area contributed by atoms with Crippen LogP contribution in [0.3, 0.4) is 0 Å². The second kappa shape index (κ2) is 6.03. The Bertz CT molecular complexity index is 1090. The number of halogens is 2. The fourth-order valence-electron chi connectivity index (χ4n) is 2.00. The van der Waals surface area contributed by atoms with E-state index < -0.39 is 17.3 Å². The van der Waals surface area contributed by atoms with Crippen LogP contribution in [0.15, 0.2) is 29.2 Å². The number of nitrogens with zero attached hydrogens (tertiary/aromatic N) is 5. The minimum absolute atomic E-state index is 0.147. The third-order valence-corrected chi connectivity index (χ3v) is 3.24. The molecule has 0 fully saturated rings. The molecule has 3 aromatic rings. The van der Waals surface area contributed by atoms with Crippen LogP contribution in [0, 0.1) is 29.5 Å². The summed E-state index contributed by atoms with van der Waals surface area (Å²) in [5.41, 5.74) is -0.570. The minimum Gasteiger partial charge on any atom is -0.463 e. The molecule has 0 N–H and O–H groups in total. The predicted molar refractivity (Wildman–Crippen MR) is 82.6 cm³/mol. The summed E-state index contributed by atoms with van der Waals surface area (Å²) < 4.78 is 21.3. The Hall–Kier alpha value is -3.36. The van der Waals surface area contributed by atoms with Gasteiger partial charge in [-0.3, -0.25) is 0 Å². The standard InChI is InChI=1S/C15H7ClFN5O2/c1-2-5-24-14-9(7-18)6-11(17)13(19-14)22-15(23)21-8-10(16)3-4-12(21)20-22/h1,3-4,6,8H,5H2. The van der Waals surface area contributed by atoms with Gasteiger partial charge in [-0.1, -0.05) is 17.5 Å². The maximum Gasteiger partial charge on any atom is 0.356 e. The summed E-state index contributed by atoms with van der Waals surface area (Å²) in [4.78, 5) is 16.2. The first-order chi connectivity index (χ1) is 11.5. The average Bonchev–Trinajstić information content (AvgIpc) is 2.89. The summed E-state index contributed by atoms with van der Waals surface area (Å²) in [6, 6.07) is 5.68. The fourth-order valence-corrected chi connectivity index (χ4v) is 2.16. The normalized spacial score (nSPS) is 10.3. The smallest absolute Gasteiger partial charge is 0.356 e. The number of ether oxygens (including phenoxy) is 1. The molecule has 0 saturated heterocycles. The molecule has 0 aliphatic heterocycles. The van der Waals surface area contributed by atoms with Crippen LogP contribution in [0.4, 0.5) is 4.39 Å². The number of terminal acetylenes is 1. The Morgan fingerprint density at radius 2 is 2.25 bits per heavy atom. The van der Waals surface area contributed by atoms with Crippen molar-refractivity contribution in [1.82, 2.24) is 19.2 Å². The molecular weight excluding hydrogens is 337 g/mol. The van der Waals surface area contributed by atoms with Gasteiger partial charge >= 0.3 is 5.69 Å². The number of pyridine rings is 2.